The molecule has 0 amide bonds. The van der Waals surface area contributed by atoms with Crippen molar-refractivity contribution in [2.24, 2.45) is 0 Å². The van der Waals surface area contributed by atoms with E-state index in [0.29, 0.717) is 16.9 Å². The van der Waals surface area contributed by atoms with Crippen LogP contribution in [0.15, 0.2) is 39.9 Å². The third-order valence-corrected chi connectivity index (χ3v) is 4.55. The minimum atomic E-state index is -0.126. The monoisotopic (exact) mass is 324 g/mol. The minimum absolute atomic E-state index is 0.126. The summed E-state index contributed by atoms with van der Waals surface area (Å²) >= 11 is 8.94. The van der Waals surface area contributed by atoms with Crippen LogP contribution >= 0.6 is 27.5 Å². The Bertz CT molecular complexity index is 668. The van der Waals surface area contributed by atoms with Crippen LogP contribution in [0.25, 0.3) is 0 Å². The normalized spacial score (nSPS) is 17.1. The first-order valence-electron chi connectivity index (χ1n) is 5.65. The second-order valence-corrected chi connectivity index (χ2v) is 5.56. The van der Waals surface area contributed by atoms with Crippen molar-refractivity contribution in [1.82, 2.24) is 9.55 Å². The number of fused-ring (bicyclic) bond motifs is 1. The fraction of sp³-hybridized carbons (Fsp3) is 0.231. The molecule has 1 atom stereocenters. The summed E-state index contributed by atoms with van der Waals surface area (Å²) in [5.41, 5.74) is 2.58. The van der Waals surface area contributed by atoms with Crippen molar-refractivity contribution in [3.63, 3.8) is 0 Å². The van der Waals surface area contributed by atoms with Crippen LogP contribution < -0.4 is 5.56 Å². The van der Waals surface area contributed by atoms with Gasteiger partial charge in [-0.3, -0.25) is 9.36 Å². The van der Waals surface area contributed by atoms with Gasteiger partial charge in [-0.1, -0.05) is 35.9 Å². The lowest BCUT2D eigenvalue weighted by Gasteiger charge is -2.30. The average Bonchev–Trinajstić information content (AvgIpc) is 2.35. The number of benzene rings is 1. The molecular formula is C13H10BrClN2O. The summed E-state index contributed by atoms with van der Waals surface area (Å²) in [5.74, 6) is 0.397. The van der Waals surface area contributed by atoms with E-state index in [1.807, 2.05) is 12.1 Å². The Kier molecular flexibility index (Phi) is 2.99. The quantitative estimate of drug-likeness (QED) is 0.796. The van der Waals surface area contributed by atoms with Gasteiger partial charge in [0, 0.05) is 12.5 Å². The molecule has 1 aromatic heterocycles. The lowest BCUT2D eigenvalue weighted by molar-refractivity contribution is 0.493. The molecule has 5 heteroatoms. The molecule has 0 saturated carbocycles. The topological polar surface area (TPSA) is 34.9 Å². The Morgan fingerprint density at radius 1 is 1.44 bits per heavy atom. The van der Waals surface area contributed by atoms with Crippen LogP contribution in [0.5, 0.6) is 0 Å². The van der Waals surface area contributed by atoms with E-state index >= 15 is 0 Å². The number of aromatic nitrogens is 2. The second-order valence-electron chi connectivity index (χ2n) is 4.41. The van der Waals surface area contributed by atoms with Gasteiger partial charge in [-0.2, -0.15) is 0 Å². The molecule has 1 aromatic carbocycles. The summed E-state index contributed by atoms with van der Waals surface area (Å²) < 4.78 is 1.94. The van der Waals surface area contributed by atoms with E-state index < -0.39 is 0 Å². The standard InChI is InChI=1S/C13H10BrClN2O/c14-11-12(15)16-7-17(13(11)18)6-9-5-8-3-1-2-4-10(8)9/h1-4,7,9H,5-6H2. The lowest BCUT2D eigenvalue weighted by Crippen LogP contribution is -2.29. The van der Waals surface area contributed by atoms with E-state index in [0.717, 1.165) is 6.42 Å². The Labute approximate surface area is 118 Å². The highest BCUT2D eigenvalue weighted by Gasteiger charge is 2.26. The highest BCUT2D eigenvalue weighted by molar-refractivity contribution is 9.10. The van der Waals surface area contributed by atoms with Gasteiger partial charge in [0.05, 0.1) is 6.33 Å². The van der Waals surface area contributed by atoms with Crippen molar-refractivity contribution in [2.75, 3.05) is 0 Å². The zero-order chi connectivity index (χ0) is 12.7. The third kappa shape index (κ3) is 1.89. The summed E-state index contributed by atoms with van der Waals surface area (Å²) in [7, 11) is 0. The van der Waals surface area contributed by atoms with Crippen molar-refractivity contribution >= 4 is 27.5 Å². The molecule has 0 fully saturated rings. The maximum atomic E-state index is 12.0. The first kappa shape index (κ1) is 11.9. The average molecular weight is 326 g/mol. The van der Waals surface area contributed by atoms with Gasteiger partial charge in [0.25, 0.3) is 5.56 Å². The molecule has 1 unspecified atom stereocenters. The summed E-state index contributed by atoms with van der Waals surface area (Å²) in [6.45, 7) is 0.651. The van der Waals surface area contributed by atoms with Gasteiger partial charge in [-0.15, -0.1) is 0 Å². The molecule has 0 radical (unpaired) electrons. The van der Waals surface area contributed by atoms with E-state index in [1.54, 1.807) is 4.57 Å². The minimum Gasteiger partial charge on any atom is -0.298 e. The number of rotatable bonds is 2. The number of hydrogen-bond acceptors (Lipinski definition) is 2. The Hall–Kier alpha value is -1.13. The lowest BCUT2D eigenvalue weighted by atomic mass is 9.77. The zero-order valence-corrected chi connectivity index (χ0v) is 11.8. The van der Waals surface area contributed by atoms with Gasteiger partial charge in [-0.25, -0.2) is 4.98 Å². The van der Waals surface area contributed by atoms with Crippen LogP contribution in [0, 0.1) is 0 Å². The fourth-order valence-corrected chi connectivity index (χ4v) is 2.79. The molecule has 0 saturated heterocycles. The van der Waals surface area contributed by atoms with Crippen LogP contribution in [0.4, 0.5) is 0 Å². The van der Waals surface area contributed by atoms with Crippen LogP contribution in [0.1, 0.15) is 17.0 Å². The fourth-order valence-electron chi connectivity index (χ4n) is 2.34. The molecule has 3 nitrogen and oxygen atoms in total. The summed E-state index contributed by atoms with van der Waals surface area (Å²) in [6.07, 6.45) is 2.53. The van der Waals surface area contributed by atoms with Crippen LogP contribution in [0.3, 0.4) is 0 Å². The van der Waals surface area contributed by atoms with Crippen LogP contribution in [-0.4, -0.2) is 9.55 Å². The maximum absolute atomic E-state index is 12.0. The maximum Gasteiger partial charge on any atom is 0.269 e. The van der Waals surface area contributed by atoms with Gasteiger partial charge < -0.3 is 0 Å². The second kappa shape index (κ2) is 4.52. The molecule has 2 aromatic rings. The van der Waals surface area contributed by atoms with E-state index in [2.05, 4.69) is 33.0 Å². The van der Waals surface area contributed by atoms with Crippen molar-refractivity contribution in [2.45, 2.75) is 18.9 Å². The van der Waals surface area contributed by atoms with Crippen molar-refractivity contribution in [1.29, 1.82) is 0 Å². The van der Waals surface area contributed by atoms with Crippen molar-refractivity contribution < 1.29 is 0 Å². The van der Waals surface area contributed by atoms with E-state index in [1.165, 1.54) is 17.5 Å². The number of halogens is 2. The summed E-state index contributed by atoms with van der Waals surface area (Å²) in [6, 6.07) is 8.32. The number of hydrogen-bond donors (Lipinski definition) is 0. The van der Waals surface area contributed by atoms with Crippen molar-refractivity contribution in [3.05, 3.63) is 61.7 Å². The van der Waals surface area contributed by atoms with Crippen molar-refractivity contribution in [3.8, 4) is 0 Å². The van der Waals surface area contributed by atoms with Gasteiger partial charge >= 0.3 is 0 Å². The molecule has 1 aliphatic rings. The SMILES string of the molecule is O=c1c(Br)c(Cl)ncn1CC1Cc2ccccc21. The molecule has 0 spiro atoms. The van der Waals surface area contributed by atoms with E-state index in [-0.39, 0.29) is 10.7 Å². The molecule has 18 heavy (non-hydrogen) atoms. The summed E-state index contributed by atoms with van der Waals surface area (Å²) in [5, 5.41) is 0.213. The predicted molar refractivity (Wildman–Crippen MR) is 74.1 cm³/mol. The molecule has 92 valence electrons. The van der Waals surface area contributed by atoms with Gasteiger partial charge in [0.2, 0.25) is 0 Å². The highest BCUT2D eigenvalue weighted by Crippen LogP contribution is 2.35. The third-order valence-electron chi connectivity index (χ3n) is 3.32. The highest BCUT2D eigenvalue weighted by atomic mass is 79.9. The molecule has 1 aliphatic carbocycles. The van der Waals surface area contributed by atoms with Gasteiger partial charge in [-0.05, 0) is 33.5 Å². The smallest absolute Gasteiger partial charge is 0.269 e. The van der Waals surface area contributed by atoms with Crippen LogP contribution in [-0.2, 0) is 13.0 Å². The molecule has 1 heterocycles. The Morgan fingerprint density at radius 3 is 3.00 bits per heavy atom. The zero-order valence-electron chi connectivity index (χ0n) is 9.44. The largest absolute Gasteiger partial charge is 0.298 e. The predicted octanol–water partition coefficient (Wildman–Crippen LogP) is 3.00. The molecular weight excluding hydrogens is 316 g/mol. The molecule has 0 aliphatic heterocycles. The van der Waals surface area contributed by atoms with Gasteiger partial charge in [0.15, 0.2) is 5.15 Å². The first-order chi connectivity index (χ1) is 8.66. The Balaban J connectivity index is 1.88. The molecule has 0 N–H and O–H groups in total. The first-order valence-corrected chi connectivity index (χ1v) is 6.82. The Morgan fingerprint density at radius 2 is 2.22 bits per heavy atom. The van der Waals surface area contributed by atoms with E-state index in [9.17, 15) is 4.79 Å². The summed E-state index contributed by atoms with van der Waals surface area (Å²) in [4.78, 5) is 16.0. The van der Waals surface area contributed by atoms with Gasteiger partial charge in [0.1, 0.15) is 4.47 Å². The molecule has 0 bridgehead atoms. The van der Waals surface area contributed by atoms with Crippen LogP contribution in [0.2, 0.25) is 5.15 Å². The molecule has 3 rings (SSSR count). The number of nitrogens with zero attached hydrogens (tertiary/aromatic N) is 2. The van der Waals surface area contributed by atoms with E-state index in [4.69, 9.17) is 11.6 Å².